The fourth-order valence-corrected chi connectivity index (χ4v) is 7.96. The van der Waals surface area contributed by atoms with Gasteiger partial charge in [0.25, 0.3) is 5.56 Å². The van der Waals surface area contributed by atoms with E-state index in [2.05, 4.69) is 58.0 Å². The van der Waals surface area contributed by atoms with E-state index in [1.54, 1.807) is 21.6 Å². The summed E-state index contributed by atoms with van der Waals surface area (Å²) < 4.78 is 3.32. The normalized spacial score (nSPS) is 25.4. The number of anilines is 3. The van der Waals surface area contributed by atoms with E-state index >= 15 is 0 Å². The van der Waals surface area contributed by atoms with Gasteiger partial charge in [-0.25, -0.2) is 19.3 Å². The lowest BCUT2D eigenvalue weighted by Crippen LogP contribution is -2.51. The first kappa shape index (κ1) is 26.6. The maximum absolute atomic E-state index is 13.5. The summed E-state index contributed by atoms with van der Waals surface area (Å²) in [6, 6.07) is 13.7. The van der Waals surface area contributed by atoms with Gasteiger partial charge in [0.1, 0.15) is 11.0 Å². The Kier molecular flexibility index (Phi) is 5.87. The van der Waals surface area contributed by atoms with E-state index in [4.69, 9.17) is 9.97 Å². The zero-order chi connectivity index (χ0) is 29.5. The minimum absolute atomic E-state index is 0.103. The van der Waals surface area contributed by atoms with Gasteiger partial charge < -0.3 is 15.3 Å². The molecule has 222 valence electrons. The Morgan fingerprint density at radius 1 is 1.09 bits per heavy atom. The minimum Gasteiger partial charge on any atom is -0.383 e. The lowest BCUT2D eigenvalue weighted by Gasteiger charge is -2.40. The number of pyridine rings is 1. The maximum Gasteiger partial charge on any atom is 0.278 e. The van der Waals surface area contributed by atoms with Crippen LogP contribution in [0.3, 0.4) is 0 Å². The number of allylic oxidation sites excluding steroid dienone is 1. The first-order chi connectivity index (χ1) is 20.8. The van der Waals surface area contributed by atoms with E-state index in [0.717, 1.165) is 49.3 Å². The zero-order valence-electron chi connectivity index (χ0n) is 24.8. The molecule has 1 aromatic carbocycles. The summed E-state index contributed by atoms with van der Waals surface area (Å²) in [4.78, 5) is 32.8. The van der Waals surface area contributed by atoms with Crippen molar-refractivity contribution in [1.29, 1.82) is 0 Å². The molecule has 4 aliphatic rings. The molecule has 3 atom stereocenters. The molecule has 2 aliphatic carbocycles. The van der Waals surface area contributed by atoms with Crippen molar-refractivity contribution in [3.8, 4) is 5.82 Å². The summed E-state index contributed by atoms with van der Waals surface area (Å²) >= 11 is 0. The Morgan fingerprint density at radius 2 is 1.84 bits per heavy atom. The summed E-state index contributed by atoms with van der Waals surface area (Å²) in [5.41, 5.74) is 3.10. The third kappa shape index (κ3) is 3.92. The molecule has 8 rings (SSSR count). The second-order valence-electron chi connectivity index (χ2n) is 12.9. The van der Waals surface area contributed by atoms with Gasteiger partial charge in [0, 0.05) is 48.2 Å². The molecule has 2 aliphatic heterocycles. The Morgan fingerprint density at radius 3 is 2.51 bits per heavy atom. The quantitative estimate of drug-likeness (QED) is 0.316. The number of fused-ring (bicyclic) bond motifs is 4. The SMILES string of the molecule is C=CCn1c(=O)c2cnc(Nc3ccc(N4CC5CCC(C4)N5C)cc3)nc2n1-c1ccc2c(n1)C(O)(CC)C1(CC1)C2. The number of piperazine rings is 1. The van der Waals surface area contributed by atoms with Gasteiger partial charge in [-0.1, -0.05) is 19.1 Å². The zero-order valence-corrected chi connectivity index (χ0v) is 24.8. The van der Waals surface area contributed by atoms with Crippen LogP contribution in [0.4, 0.5) is 17.3 Å². The van der Waals surface area contributed by atoms with Crippen LogP contribution >= 0.6 is 0 Å². The molecule has 43 heavy (non-hydrogen) atoms. The van der Waals surface area contributed by atoms with Crippen LogP contribution in [-0.2, 0) is 18.6 Å². The molecule has 2 saturated heterocycles. The van der Waals surface area contributed by atoms with Gasteiger partial charge in [0.15, 0.2) is 11.5 Å². The number of nitrogens with zero attached hydrogens (tertiary/aromatic N) is 7. The highest BCUT2D eigenvalue weighted by molar-refractivity contribution is 5.77. The fourth-order valence-electron chi connectivity index (χ4n) is 7.96. The molecule has 4 aromatic rings. The third-order valence-corrected chi connectivity index (χ3v) is 10.7. The van der Waals surface area contributed by atoms with Gasteiger partial charge in [-0.2, -0.15) is 4.98 Å². The number of aromatic nitrogens is 5. The van der Waals surface area contributed by atoms with Gasteiger partial charge >= 0.3 is 0 Å². The van der Waals surface area contributed by atoms with E-state index in [9.17, 15) is 9.90 Å². The number of hydrogen-bond donors (Lipinski definition) is 2. The Balaban J connectivity index is 1.13. The molecule has 0 radical (unpaired) electrons. The van der Waals surface area contributed by atoms with Gasteiger partial charge in [-0.05, 0) is 81.5 Å². The number of rotatable bonds is 7. The molecule has 3 fully saturated rings. The van der Waals surface area contributed by atoms with Crippen LogP contribution in [0.2, 0.25) is 0 Å². The van der Waals surface area contributed by atoms with Crippen LogP contribution in [0.5, 0.6) is 0 Å². The van der Waals surface area contributed by atoms with Crippen molar-refractivity contribution >= 4 is 28.4 Å². The molecule has 5 heterocycles. The molecule has 3 unspecified atom stereocenters. The largest absolute Gasteiger partial charge is 0.383 e. The minimum atomic E-state index is -0.956. The number of nitrogens with one attached hydrogen (secondary N) is 1. The molecule has 1 saturated carbocycles. The molecular weight excluding hydrogens is 540 g/mol. The molecule has 10 nitrogen and oxygen atoms in total. The summed E-state index contributed by atoms with van der Waals surface area (Å²) in [6.07, 6.45) is 9.28. The van der Waals surface area contributed by atoms with Crippen molar-refractivity contribution in [1.82, 2.24) is 29.2 Å². The van der Waals surface area contributed by atoms with Crippen LogP contribution in [0.1, 0.15) is 50.3 Å². The Bertz CT molecular complexity index is 1790. The monoisotopic (exact) mass is 578 g/mol. The van der Waals surface area contributed by atoms with E-state index in [0.29, 0.717) is 41.3 Å². The first-order valence-electron chi connectivity index (χ1n) is 15.5. The highest BCUT2D eigenvalue weighted by Crippen LogP contribution is 2.65. The van der Waals surface area contributed by atoms with Crippen LogP contribution in [0.25, 0.3) is 16.9 Å². The predicted molar refractivity (Wildman–Crippen MR) is 167 cm³/mol. The van der Waals surface area contributed by atoms with Crippen LogP contribution in [0.15, 0.2) is 60.0 Å². The highest BCUT2D eigenvalue weighted by Gasteiger charge is 2.63. The average molecular weight is 579 g/mol. The summed E-state index contributed by atoms with van der Waals surface area (Å²) in [7, 11) is 2.25. The second kappa shape index (κ2) is 9.49. The van der Waals surface area contributed by atoms with Crippen molar-refractivity contribution in [3.63, 3.8) is 0 Å². The topological polar surface area (TPSA) is 104 Å². The molecule has 10 heteroatoms. The number of likely N-dealkylation sites (N-methyl/N-ethyl adjacent to an activating group) is 1. The summed E-state index contributed by atoms with van der Waals surface area (Å²) in [6.45, 7) is 8.30. The molecule has 2 N–H and O–H groups in total. The predicted octanol–water partition coefficient (Wildman–Crippen LogP) is 4.12. The van der Waals surface area contributed by atoms with Crippen molar-refractivity contribution < 1.29 is 5.11 Å². The fraction of sp³-hybridized carbons (Fsp3) is 0.455. The van der Waals surface area contributed by atoms with E-state index in [1.165, 1.54) is 18.5 Å². The van der Waals surface area contributed by atoms with Gasteiger partial charge in [0.05, 0.1) is 12.2 Å². The van der Waals surface area contributed by atoms with Gasteiger partial charge in [0.2, 0.25) is 5.95 Å². The van der Waals surface area contributed by atoms with E-state index < -0.39 is 5.60 Å². The standard InChI is InChI=1S/C33H38N8O2/c1-4-16-40-30(42)26-18-34-31(35-22-7-9-23(10-8-22)39-19-24-11-12-25(20-39)38(24)3)37-29(26)41(40)27-13-6-21-17-32(14-15-32)33(43,5-2)28(21)36-27/h4,6-10,13,18,24-25,43H,1,5,11-12,14-17,19-20H2,2-3H3,(H,34,35,37). The Labute approximate surface area is 250 Å². The molecule has 3 aromatic heterocycles. The van der Waals surface area contributed by atoms with Crippen molar-refractivity contribution in [3.05, 3.63) is 76.9 Å². The van der Waals surface area contributed by atoms with Gasteiger partial charge in [-0.3, -0.25) is 9.69 Å². The summed E-state index contributed by atoms with van der Waals surface area (Å²) in [5.74, 6) is 0.943. The lowest BCUT2D eigenvalue weighted by molar-refractivity contribution is -0.0324. The number of benzene rings is 1. The highest BCUT2D eigenvalue weighted by atomic mass is 16.3. The smallest absolute Gasteiger partial charge is 0.278 e. The molecule has 2 bridgehead atoms. The summed E-state index contributed by atoms with van der Waals surface area (Å²) in [5, 5.41) is 15.5. The lowest BCUT2D eigenvalue weighted by atomic mass is 9.84. The van der Waals surface area contributed by atoms with Crippen LogP contribution in [-0.4, -0.2) is 66.5 Å². The third-order valence-electron chi connectivity index (χ3n) is 10.7. The van der Waals surface area contributed by atoms with Crippen molar-refractivity contribution in [2.24, 2.45) is 5.41 Å². The Hall–Kier alpha value is -4.02. The molecule has 1 spiro atoms. The van der Waals surface area contributed by atoms with Gasteiger partial charge in [-0.15, -0.1) is 6.58 Å². The van der Waals surface area contributed by atoms with E-state index in [1.807, 2.05) is 19.1 Å². The number of hydrogen-bond acceptors (Lipinski definition) is 8. The van der Waals surface area contributed by atoms with Crippen LogP contribution in [0, 0.1) is 5.41 Å². The average Bonchev–Trinajstić information content (AvgIpc) is 3.66. The van der Waals surface area contributed by atoms with Crippen LogP contribution < -0.4 is 15.8 Å². The second-order valence-corrected chi connectivity index (χ2v) is 12.9. The van der Waals surface area contributed by atoms with E-state index in [-0.39, 0.29) is 17.5 Å². The molecular formula is C33H38N8O2. The molecule has 0 amide bonds. The van der Waals surface area contributed by atoms with Crippen molar-refractivity contribution in [2.75, 3.05) is 30.4 Å². The van der Waals surface area contributed by atoms with Crippen molar-refractivity contribution in [2.45, 2.75) is 69.7 Å². The maximum atomic E-state index is 13.5. The first-order valence-corrected chi connectivity index (χ1v) is 15.5. The number of aliphatic hydroxyl groups is 1.